The molecule has 9 nitrogen and oxygen atoms in total. The Hall–Kier alpha value is -3.11. The summed E-state index contributed by atoms with van der Waals surface area (Å²) in [6.45, 7) is 2.81. The van der Waals surface area contributed by atoms with Crippen LogP contribution >= 0.6 is 0 Å². The number of carbonyl (C=O) groups excluding carboxylic acids is 2. The number of sulfonamides is 1. The molecule has 34 heavy (non-hydrogen) atoms. The van der Waals surface area contributed by atoms with E-state index in [0.717, 1.165) is 12.8 Å². The zero-order valence-corrected chi connectivity index (χ0v) is 19.6. The Labute approximate surface area is 198 Å². The van der Waals surface area contributed by atoms with Crippen molar-refractivity contribution in [1.82, 2.24) is 14.1 Å². The van der Waals surface area contributed by atoms with Crippen LogP contribution in [0.5, 0.6) is 11.5 Å². The Bertz CT molecular complexity index is 1170. The molecule has 3 heterocycles. The molecule has 2 saturated heterocycles. The number of amides is 2. The molecular weight excluding hydrogens is 458 g/mol. The highest BCUT2D eigenvalue weighted by molar-refractivity contribution is 7.89. The van der Waals surface area contributed by atoms with Crippen molar-refractivity contribution in [3.8, 4) is 11.5 Å². The third-order valence-electron chi connectivity index (χ3n) is 6.47. The van der Waals surface area contributed by atoms with Gasteiger partial charge in [-0.15, -0.1) is 0 Å². The van der Waals surface area contributed by atoms with Crippen LogP contribution in [-0.2, 0) is 14.8 Å². The van der Waals surface area contributed by atoms with Gasteiger partial charge in [0.15, 0.2) is 11.5 Å². The number of hydrogen-bond donors (Lipinski definition) is 0. The van der Waals surface area contributed by atoms with Crippen LogP contribution in [0.1, 0.15) is 23.2 Å². The molecule has 0 saturated carbocycles. The Balaban J connectivity index is 1.17. The van der Waals surface area contributed by atoms with Crippen molar-refractivity contribution in [2.24, 2.45) is 0 Å². The van der Waals surface area contributed by atoms with Gasteiger partial charge in [0.05, 0.1) is 4.90 Å². The van der Waals surface area contributed by atoms with Crippen LogP contribution < -0.4 is 9.47 Å². The van der Waals surface area contributed by atoms with E-state index in [1.165, 1.54) is 16.4 Å². The van der Waals surface area contributed by atoms with Crippen LogP contribution in [0.4, 0.5) is 0 Å². The Morgan fingerprint density at radius 2 is 1.41 bits per heavy atom. The molecule has 0 spiro atoms. The molecule has 0 bridgehead atoms. The van der Waals surface area contributed by atoms with E-state index in [2.05, 4.69) is 0 Å². The summed E-state index contributed by atoms with van der Waals surface area (Å²) in [6.07, 6.45) is 1.04. The molecule has 3 aliphatic heterocycles. The van der Waals surface area contributed by atoms with Crippen molar-refractivity contribution < 1.29 is 27.5 Å². The summed E-state index contributed by atoms with van der Waals surface area (Å²) in [5.74, 6) is 0.846. The first-order valence-electron chi connectivity index (χ1n) is 11.5. The fourth-order valence-electron chi connectivity index (χ4n) is 4.50. The number of benzene rings is 2. The summed E-state index contributed by atoms with van der Waals surface area (Å²) in [6, 6.07) is 13.4. The van der Waals surface area contributed by atoms with Crippen LogP contribution in [0.2, 0.25) is 0 Å². The number of ether oxygens (including phenoxy) is 2. The van der Waals surface area contributed by atoms with Gasteiger partial charge in [0.25, 0.3) is 11.8 Å². The van der Waals surface area contributed by atoms with Crippen molar-refractivity contribution >= 4 is 21.8 Å². The second-order valence-corrected chi connectivity index (χ2v) is 10.6. The van der Waals surface area contributed by atoms with E-state index in [0.29, 0.717) is 56.3 Å². The number of carbonyl (C=O) groups is 2. The van der Waals surface area contributed by atoms with E-state index in [4.69, 9.17) is 9.47 Å². The van der Waals surface area contributed by atoms with E-state index in [-0.39, 0.29) is 23.3 Å². The van der Waals surface area contributed by atoms with Crippen LogP contribution in [0, 0.1) is 0 Å². The second-order valence-electron chi connectivity index (χ2n) is 8.62. The first-order chi connectivity index (χ1) is 16.4. The summed E-state index contributed by atoms with van der Waals surface area (Å²) in [4.78, 5) is 29.4. The molecule has 0 N–H and O–H groups in total. The van der Waals surface area contributed by atoms with Gasteiger partial charge in [-0.05, 0) is 49.2 Å². The highest BCUT2D eigenvalue weighted by Gasteiger charge is 2.34. The van der Waals surface area contributed by atoms with Gasteiger partial charge < -0.3 is 19.3 Å². The molecule has 0 aromatic heterocycles. The predicted octanol–water partition coefficient (Wildman–Crippen LogP) is 1.60. The zero-order chi connectivity index (χ0) is 23.7. The minimum Gasteiger partial charge on any atom is -0.485 e. The number of fused-ring (bicyclic) bond motifs is 1. The van der Waals surface area contributed by atoms with Crippen LogP contribution in [0.15, 0.2) is 53.4 Å². The topological polar surface area (TPSA) is 96.5 Å². The number of rotatable bonds is 4. The lowest BCUT2D eigenvalue weighted by Gasteiger charge is -2.37. The third-order valence-corrected chi connectivity index (χ3v) is 8.38. The zero-order valence-electron chi connectivity index (χ0n) is 18.8. The lowest BCUT2D eigenvalue weighted by atomic mass is 10.1. The quantitative estimate of drug-likeness (QED) is 0.653. The molecule has 1 atom stereocenters. The van der Waals surface area contributed by atoms with Gasteiger partial charge in [-0.25, -0.2) is 8.42 Å². The Morgan fingerprint density at radius 3 is 2.09 bits per heavy atom. The van der Waals surface area contributed by atoms with Crippen molar-refractivity contribution in [3.05, 3.63) is 54.1 Å². The van der Waals surface area contributed by atoms with Gasteiger partial charge in [-0.1, -0.05) is 12.1 Å². The van der Waals surface area contributed by atoms with Crippen LogP contribution in [-0.4, -0.2) is 86.3 Å². The number of para-hydroxylation sites is 2. The smallest absolute Gasteiger partial charge is 0.267 e. The largest absolute Gasteiger partial charge is 0.485 e. The molecule has 0 aliphatic carbocycles. The van der Waals surface area contributed by atoms with Crippen LogP contribution in [0.3, 0.4) is 0 Å². The second kappa shape index (κ2) is 9.27. The monoisotopic (exact) mass is 485 g/mol. The van der Waals surface area contributed by atoms with Gasteiger partial charge in [0.2, 0.25) is 16.1 Å². The lowest BCUT2D eigenvalue weighted by molar-refractivity contribution is -0.142. The fourth-order valence-corrected chi connectivity index (χ4v) is 6.02. The third kappa shape index (κ3) is 4.35. The molecular formula is C24H27N3O6S. The van der Waals surface area contributed by atoms with E-state index in [1.807, 2.05) is 12.1 Å². The summed E-state index contributed by atoms with van der Waals surface area (Å²) in [5.41, 5.74) is 0.431. The van der Waals surface area contributed by atoms with E-state index in [9.17, 15) is 18.0 Å². The maximum Gasteiger partial charge on any atom is 0.267 e. The first-order valence-corrected chi connectivity index (χ1v) is 12.9. The van der Waals surface area contributed by atoms with Gasteiger partial charge >= 0.3 is 0 Å². The highest BCUT2D eigenvalue weighted by Crippen LogP contribution is 2.31. The van der Waals surface area contributed by atoms with Gasteiger partial charge in [0.1, 0.15) is 6.61 Å². The molecule has 2 aromatic carbocycles. The minimum absolute atomic E-state index is 0.154. The molecule has 3 aliphatic rings. The molecule has 180 valence electrons. The molecule has 10 heteroatoms. The molecule has 2 fully saturated rings. The van der Waals surface area contributed by atoms with E-state index >= 15 is 0 Å². The molecule has 1 unspecified atom stereocenters. The van der Waals surface area contributed by atoms with Crippen molar-refractivity contribution in [2.45, 2.75) is 23.8 Å². The summed E-state index contributed by atoms with van der Waals surface area (Å²) in [5, 5.41) is 0. The van der Waals surface area contributed by atoms with Crippen molar-refractivity contribution in [2.75, 3.05) is 45.9 Å². The predicted molar refractivity (Wildman–Crippen MR) is 123 cm³/mol. The average molecular weight is 486 g/mol. The highest BCUT2D eigenvalue weighted by atomic mass is 32.2. The molecule has 2 aromatic rings. The number of piperazine rings is 1. The summed E-state index contributed by atoms with van der Waals surface area (Å²) < 4.78 is 38.3. The Kier molecular flexibility index (Phi) is 6.18. The summed E-state index contributed by atoms with van der Waals surface area (Å²) in [7, 11) is -3.51. The van der Waals surface area contributed by atoms with Crippen molar-refractivity contribution in [1.29, 1.82) is 0 Å². The summed E-state index contributed by atoms with van der Waals surface area (Å²) >= 11 is 0. The maximum atomic E-state index is 13.0. The average Bonchev–Trinajstić information content (AvgIpc) is 3.44. The number of hydrogen-bond acceptors (Lipinski definition) is 6. The standard InChI is InChI=1S/C24H27N3O6S/c28-23(18-7-9-19(10-8-18)34(30,31)27-11-3-4-12-27)25-13-15-26(16-14-25)24(29)22-17-32-20-5-1-2-6-21(20)33-22/h1-2,5-10,22H,3-4,11-17H2. The van der Waals surface area contributed by atoms with Gasteiger partial charge in [0, 0.05) is 44.8 Å². The maximum absolute atomic E-state index is 13.0. The van der Waals surface area contributed by atoms with E-state index < -0.39 is 16.1 Å². The normalized spacial score (nSPS) is 20.9. The molecule has 5 rings (SSSR count). The number of nitrogens with zero attached hydrogens (tertiary/aromatic N) is 3. The lowest BCUT2D eigenvalue weighted by Crippen LogP contribution is -2.55. The van der Waals surface area contributed by atoms with Crippen LogP contribution in [0.25, 0.3) is 0 Å². The fraction of sp³-hybridized carbons (Fsp3) is 0.417. The van der Waals surface area contributed by atoms with Crippen molar-refractivity contribution in [3.63, 3.8) is 0 Å². The Morgan fingerprint density at radius 1 is 0.794 bits per heavy atom. The molecule has 0 radical (unpaired) electrons. The van der Waals surface area contributed by atoms with Gasteiger partial charge in [-0.3, -0.25) is 9.59 Å². The van der Waals surface area contributed by atoms with E-state index in [1.54, 1.807) is 34.1 Å². The first kappa shape index (κ1) is 22.7. The molecule has 2 amide bonds. The minimum atomic E-state index is -3.51. The SMILES string of the molecule is O=C(c1ccc(S(=O)(=O)N2CCCC2)cc1)N1CCN(C(=O)C2COc3ccccc3O2)CC1. The van der Waals surface area contributed by atoms with Gasteiger partial charge in [-0.2, -0.15) is 4.31 Å².